The van der Waals surface area contributed by atoms with Crippen molar-refractivity contribution < 1.29 is 23.0 Å². The Morgan fingerprint density at radius 1 is 0.733 bits per heavy atom. The summed E-state index contributed by atoms with van der Waals surface area (Å²) in [5.74, 6) is 1.67. The summed E-state index contributed by atoms with van der Waals surface area (Å²) in [6.45, 7) is 5.73. The predicted molar refractivity (Wildman–Crippen MR) is 113 cm³/mol. The summed E-state index contributed by atoms with van der Waals surface area (Å²) in [4.78, 5) is 0. The van der Waals surface area contributed by atoms with Crippen LogP contribution in [0.3, 0.4) is 0 Å². The van der Waals surface area contributed by atoms with Gasteiger partial charge in [-0.1, -0.05) is 56.3 Å². The molecule has 5 heteroatoms. The van der Waals surface area contributed by atoms with E-state index in [0.29, 0.717) is 13.2 Å². The van der Waals surface area contributed by atoms with Crippen LogP contribution >= 0.6 is 0 Å². The molecule has 0 amide bonds. The number of alkyl halides is 2. The molecule has 0 atom stereocenters. The van der Waals surface area contributed by atoms with Gasteiger partial charge in [0.1, 0.15) is 17.2 Å². The molecule has 3 aromatic rings. The number of hydrogen-bond acceptors (Lipinski definition) is 3. The molecular weight excluding hydrogens is 386 g/mol. The number of para-hydroxylation sites is 1. The number of ether oxygens (including phenoxy) is 3. The zero-order chi connectivity index (χ0) is 21.6. The van der Waals surface area contributed by atoms with Gasteiger partial charge in [0.15, 0.2) is 0 Å². The molecule has 0 fully saturated rings. The second-order valence-electron chi connectivity index (χ2n) is 7.87. The molecule has 0 aromatic heterocycles. The molecule has 0 heterocycles. The fraction of sp³-hybridized carbons (Fsp3) is 0.280. The molecule has 3 aromatic carbocycles. The SMILES string of the molecule is CC(F)(F)Oc1ccc(C(C)(C)COCc2cccc(Oc3ccccc3)c2)cc1. The maximum atomic E-state index is 13.0. The Hall–Kier alpha value is -2.92. The highest BCUT2D eigenvalue weighted by Gasteiger charge is 2.24. The quantitative estimate of drug-likeness (QED) is 0.380. The third kappa shape index (κ3) is 6.56. The van der Waals surface area contributed by atoms with Crippen molar-refractivity contribution in [3.63, 3.8) is 0 Å². The fourth-order valence-corrected chi connectivity index (χ4v) is 3.01. The summed E-state index contributed by atoms with van der Waals surface area (Å²) in [6, 6.07) is 24.1. The molecule has 3 nitrogen and oxygen atoms in total. The van der Waals surface area contributed by atoms with E-state index in [1.165, 1.54) is 0 Å². The van der Waals surface area contributed by atoms with E-state index in [4.69, 9.17) is 9.47 Å². The zero-order valence-electron chi connectivity index (χ0n) is 17.4. The Balaban J connectivity index is 1.55. The van der Waals surface area contributed by atoms with Crippen molar-refractivity contribution in [3.8, 4) is 17.2 Å². The molecule has 0 spiro atoms. The molecule has 0 bridgehead atoms. The normalized spacial score (nSPS) is 11.9. The van der Waals surface area contributed by atoms with Crippen LogP contribution in [-0.2, 0) is 16.8 Å². The van der Waals surface area contributed by atoms with Crippen LogP contribution in [0.5, 0.6) is 17.2 Å². The van der Waals surface area contributed by atoms with Crippen molar-refractivity contribution in [1.82, 2.24) is 0 Å². The van der Waals surface area contributed by atoms with Crippen molar-refractivity contribution >= 4 is 0 Å². The van der Waals surface area contributed by atoms with Crippen molar-refractivity contribution in [3.05, 3.63) is 90.0 Å². The molecule has 0 aliphatic carbocycles. The molecule has 0 radical (unpaired) electrons. The molecule has 0 aliphatic rings. The Labute approximate surface area is 176 Å². The highest BCUT2D eigenvalue weighted by atomic mass is 19.3. The Morgan fingerprint density at radius 2 is 1.40 bits per heavy atom. The van der Waals surface area contributed by atoms with Gasteiger partial charge in [-0.15, -0.1) is 0 Å². The van der Waals surface area contributed by atoms with Crippen LogP contribution in [0.4, 0.5) is 8.78 Å². The highest BCUT2D eigenvalue weighted by Crippen LogP contribution is 2.28. The minimum Gasteiger partial charge on any atom is -0.457 e. The topological polar surface area (TPSA) is 27.7 Å². The molecule has 30 heavy (non-hydrogen) atoms. The maximum absolute atomic E-state index is 13.0. The van der Waals surface area contributed by atoms with Crippen LogP contribution in [-0.4, -0.2) is 12.7 Å². The van der Waals surface area contributed by atoms with Gasteiger partial charge in [-0.05, 0) is 47.5 Å². The van der Waals surface area contributed by atoms with Crippen LogP contribution < -0.4 is 9.47 Å². The minimum atomic E-state index is -3.20. The van der Waals surface area contributed by atoms with Gasteiger partial charge in [-0.25, -0.2) is 0 Å². The Kier molecular flexibility index (Phi) is 6.73. The van der Waals surface area contributed by atoms with Gasteiger partial charge in [0.2, 0.25) is 0 Å². The molecular formula is C25H26F2O3. The van der Waals surface area contributed by atoms with Gasteiger partial charge in [-0.2, -0.15) is 8.78 Å². The third-order valence-electron chi connectivity index (χ3n) is 4.54. The highest BCUT2D eigenvalue weighted by molar-refractivity contribution is 5.34. The third-order valence-corrected chi connectivity index (χ3v) is 4.54. The fourth-order valence-electron chi connectivity index (χ4n) is 3.01. The lowest BCUT2D eigenvalue weighted by Crippen LogP contribution is -2.24. The zero-order valence-corrected chi connectivity index (χ0v) is 17.4. The maximum Gasteiger partial charge on any atom is 0.394 e. The summed E-state index contributed by atoms with van der Waals surface area (Å²) in [7, 11) is 0. The van der Waals surface area contributed by atoms with Crippen molar-refractivity contribution in [2.75, 3.05) is 6.61 Å². The van der Waals surface area contributed by atoms with Crippen LogP contribution in [0.15, 0.2) is 78.9 Å². The predicted octanol–water partition coefficient (Wildman–Crippen LogP) is 6.96. The number of rotatable bonds is 9. The van der Waals surface area contributed by atoms with Gasteiger partial charge in [0.25, 0.3) is 0 Å². The second-order valence-corrected chi connectivity index (χ2v) is 7.87. The largest absolute Gasteiger partial charge is 0.457 e. The van der Waals surface area contributed by atoms with E-state index >= 15 is 0 Å². The molecule has 0 unspecified atom stereocenters. The first-order valence-corrected chi connectivity index (χ1v) is 9.78. The van der Waals surface area contributed by atoms with Crippen LogP contribution in [0, 0.1) is 0 Å². The molecule has 0 saturated carbocycles. The smallest absolute Gasteiger partial charge is 0.394 e. The molecule has 3 rings (SSSR count). The summed E-state index contributed by atoms with van der Waals surface area (Å²) in [5, 5.41) is 0. The number of benzene rings is 3. The Morgan fingerprint density at radius 3 is 2.07 bits per heavy atom. The minimum absolute atomic E-state index is 0.137. The lowest BCUT2D eigenvalue weighted by molar-refractivity contribution is -0.158. The first-order valence-electron chi connectivity index (χ1n) is 9.78. The molecule has 0 N–H and O–H groups in total. The van der Waals surface area contributed by atoms with E-state index in [2.05, 4.69) is 4.74 Å². The lowest BCUT2D eigenvalue weighted by atomic mass is 9.85. The molecule has 158 valence electrons. The van der Waals surface area contributed by atoms with Gasteiger partial charge in [-0.3, -0.25) is 0 Å². The average molecular weight is 412 g/mol. The summed E-state index contributed by atoms with van der Waals surface area (Å²) in [6.07, 6.45) is -3.20. The van der Waals surface area contributed by atoms with Crippen LogP contribution in [0.1, 0.15) is 31.9 Å². The first kappa shape index (κ1) is 21.8. The van der Waals surface area contributed by atoms with Gasteiger partial charge in [0, 0.05) is 12.3 Å². The van der Waals surface area contributed by atoms with Crippen LogP contribution in [0.2, 0.25) is 0 Å². The van der Waals surface area contributed by atoms with Crippen molar-refractivity contribution in [2.24, 2.45) is 0 Å². The molecule has 0 aliphatic heterocycles. The van der Waals surface area contributed by atoms with E-state index in [1.807, 2.05) is 68.4 Å². The number of hydrogen-bond donors (Lipinski definition) is 0. The Bertz CT molecular complexity index is 933. The van der Waals surface area contributed by atoms with E-state index in [1.54, 1.807) is 24.3 Å². The second kappa shape index (κ2) is 9.26. The number of halogens is 2. The first-order chi connectivity index (χ1) is 14.2. The van der Waals surface area contributed by atoms with E-state index in [0.717, 1.165) is 29.5 Å². The lowest BCUT2D eigenvalue weighted by Gasteiger charge is -2.25. The van der Waals surface area contributed by atoms with Crippen molar-refractivity contribution in [1.29, 1.82) is 0 Å². The van der Waals surface area contributed by atoms with E-state index in [-0.39, 0.29) is 11.2 Å². The monoisotopic (exact) mass is 412 g/mol. The van der Waals surface area contributed by atoms with Gasteiger partial charge >= 0.3 is 6.11 Å². The summed E-state index contributed by atoms with van der Waals surface area (Å²) in [5.41, 5.74) is 1.70. The van der Waals surface area contributed by atoms with E-state index in [9.17, 15) is 8.78 Å². The summed E-state index contributed by atoms with van der Waals surface area (Å²) < 4.78 is 42.3. The van der Waals surface area contributed by atoms with Crippen LogP contribution in [0.25, 0.3) is 0 Å². The standard InChI is InChI=1S/C25H26F2O3/c1-24(2,20-12-14-22(15-13-20)30-25(3,26)27)18-28-17-19-8-7-11-23(16-19)29-21-9-5-4-6-10-21/h4-16H,17-18H2,1-3H3. The molecule has 0 saturated heterocycles. The van der Waals surface area contributed by atoms with E-state index < -0.39 is 6.11 Å². The van der Waals surface area contributed by atoms with Gasteiger partial charge < -0.3 is 14.2 Å². The van der Waals surface area contributed by atoms with Gasteiger partial charge in [0.05, 0.1) is 13.2 Å². The van der Waals surface area contributed by atoms with Crippen molar-refractivity contribution in [2.45, 2.75) is 38.9 Å². The summed E-state index contributed by atoms with van der Waals surface area (Å²) >= 11 is 0. The average Bonchev–Trinajstić information content (AvgIpc) is 2.68.